The molecule has 1 aromatic heterocycles. The second-order valence-corrected chi connectivity index (χ2v) is 3.79. The van der Waals surface area contributed by atoms with Crippen LogP contribution in [0, 0.1) is 0 Å². The van der Waals surface area contributed by atoms with E-state index in [0.717, 1.165) is 4.80 Å². The van der Waals surface area contributed by atoms with Crippen molar-refractivity contribution in [3.05, 3.63) is 24.3 Å². The lowest BCUT2D eigenvalue weighted by molar-refractivity contribution is -0.120. The van der Waals surface area contributed by atoms with E-state index in [-0.39, 0.29) is 6.54 Å². The second kappa shape index (κ2) is 5.78. The summed E-state index contributed by atoms with van der Waals surface area (Å²) in [5.74, 6) is 0.383. The third-order valence-electron chi connectivity index (χ3n) is 2.33. The summed E-state index contributed by atoms with van der Waals surface area (Å²) in [7, 11) is 1.55. The van der Waals surface area contributed by atoms with E-state index in [9.17, 15) is 9.59 Å². The Kier molecular flexibility index (Phi) is 3.89. The summed E-state index contributed by atoms with van der Waals surface area (Å²) >= 11 is 0. The Balaban J connectivity index is 2.12. The van der Waals surface area contributed by atoms with Gasteiger partial charge in [0, 0.05) is 5.56 Å². The number of nitrogens with two attached hydrogens (primary N) is 1. The molecule has 0 unspecified atom stereocenters. The molecule has 0 fully saturated rings. The highest BCUT2D eigenvalue weighted by Gasteiger charge is 2.10. The number of rotatable bonds is 4. The van der Waals surface area contributed by atoms with Gasteiger partial charge in [0.05, 0.1) is 7.11 Å². The maximum Gasteiger partial charge on any atom is 0.318 e. The van der Waals surface area contributed by atoms with Gasteiger partial charge < -0.3 is 10.5 Å². The van der Waals surface area contributed by atoms with Crippen LogP contribution in [-0.4, -0.2) is 39.3 Å². The van der Waals surface area contributed by atoms with Crippen LogP contribution in [0.25, 0.3) is 11.4 Å². The standard InChI is InChI=1S/C11H12N6O3/c1-20-8-4-2-3-7(5-8)10-14-16-17(15-10)6-9(18)13-11(12)19/h2-5H,6H2,1H3,(H3,12,13,18,19). The van der Waals surface area contributed by atoms with Gasteiger partial charge in [-0.25, -0.2) is 4.79 Å². The minimum absolute atomic E-state index is 0.250. The Hall–Kier alpha value is -2.97. The van der Waals surface area contributed by atoms with Crippen LogP contribution in [0.4, 0.5) is 4.79 Å². The summed E-state index contributed by atoms with van der Waals surface area (Å²) in [5.41, 5.74) is 5.52. The lowest BCUT2D eigenvalue weighted by Gasteiger charge is -2.00. The Morgan fingerprint density at radius 2 is 2.25 bits per heavy atom. The summed E-state index contributed by atoms with van der Waals surface area (Å²) in [4.78, 5) is 22.9. The number of aromatic nitrogens is 4. The van der Waals surface area contributed by atoms with E-state index in [1.165, 1.54) is 0 Å². The van der Waals surface area contributed by atoms with Crippen molar-refractivity contribution in [2.24, 2.45) is 5.73 Å². The fourth-order valence-corrected chi connectivity index (χ4v) is 1.49. The highest BCUT2D eigenvalue weighted by Crippen LogP contribution is 2.19. The molecule has 3 amide bonds. The molecule has 0 spiro atoms. The van der Waals surface area contributed by atoms with Crippen molar-refractivity contribution in [3.63, 3.8) is 0 Å². The third-order valence-corrected chi connectivity index (χ3v) is 2.33. The van der Waals surface area contributed by atoms with Crippen LogP contribution in [0.15, 0.2) is 24.3 Å². The number of nitrogens with zero attached hydrogens (tertiary/aromatic N) is 4. The SMILES string of the molecule is COc1cccc(-c2nnn(CC(=O)NC(N)=O)n2)c1. The molecule has 0 bridgehead atoms. The van der Waals surface area contributed by atoms with E-state index in [1.807, 2.05) is 5.32 Å². The fraction of sp³-hybridized carbons (Fsp3) is 0.182. The highest BCUT2D eigenvalue weighted by atomic mass is 16.5. The quantitative estimate of drug-likeness (QED) is 0.778. The van der Waals surface area contributed by atoms with Gasteiger partial charge >= 0.3 is 6.03 Å². The van der Waals surface area contributed by atoms with Crippen molar-refractivity contribution >= 4 is 11.9 Å². The first-order chi connectivity index (χ1) is 9.58. The molecule has 0 saturated heterocycles. The van der Waals surface area contributed by atoms with Crippen LogP contribution < -0.4 is 15.8 Å². The van der Waals surface area contributed by atoms with Gasteiger partial charge in [0.15, 0.2) is 0 Å². The number of hydrogen-bond acceptors (Lipinski definition) is 6. The molecule has 20 heavy (non-hydrogen) atoms. The van der Waals surface area contributed by atoms with Crippen LogP contribution in [0.2, 0.25) is 0 Å². The topological polar surface area (TPSA) is 125 Å². The van der Waals surface area contributed by atoms with Crippen molar-refractivity contribution in [1.29, 1.82) is 0 Å². The van der Waals surface area contributed by atoms with Gasteiger partial charge in [0.2, 0.25) is 5.82 Å². The van der Waals surface area contributed by atoms with Gasteiger partial charge in [-0.3, -0.25) is 10.1 Å². The van der Waals surface area contributed by atoms with Gasteiger partial charge in [0.1, 0.15) is 12.3 Å². The molecule has 2 aromatic rings. The minimum Gasteiger partial charge on any atom is -0.497 e. The minimum atomic E-state index is -0.928. The van der Waals surface area contributed by atoms with E-state index in [0.29, 0.717) is 17.1 Å². The summed E-state index contributed by atoms with van der Waals surface area (Å²) in [5, 5.41) is 13.5. The lowest BCUT2D eigenvalue weighted by Crippen LogP contribution is -2.37. The number of ether oxygens (including phenoxy) is 1. The molecule has 9 heteroatoms. The van der Waals surface area contributed by atoms with Crippen LogP contribution in [0.3, 0.4) is 0 Å². The van der Waals surface area contributed by atoms with Crippen LogP contribution in [0.5, 0.6) is 5.75 Å². The van der Waals surface area contributed by atoms with Crippen LogP contribution in [0.1, 0.15) is 0 Å². The molecule has 0 aliphatic rings. The Morgan fingerprint density at radius 1 is 1.45 bits per heavy atom. The number of urea groups is 1. The Labute approximate surface area is 113 Å². The normalized spacial score (nSPS) is 10.1. The number of imide groups is 1. The number of carbonyl (C=O) groups excluding carboxylic acids is 2. The van der Waals surface area contributed by atoms with E-state index in [4.69, 9.17) is 10.5 Å². The summed E-state index contributed by atoms with van der Waals surface area (Å²) < 4.78 is 5.09. The van der Waals surface area contributed by atoms with Crippen molar-refractivity contribution in [3.8, 4) is 17.1 Å². The zero-order valence-corrected chi connectivity index (χ0v) is 10.6. The first-order valence-electron chi connectivity index (χ1n) is 5.60. The van der Waals surface area contributed by atoms with Gasteiger partial charge in [-0.1, -0.05) is 12.1 Å². The number of benzene rings is 1. The van der Waals surface area contributed by atoms with Crippen molar-refractivity contribution in [2.75, 3.05) is 7.11 Å². The first kappa shape index (κ1) is 13.5. The average Bonchev–Trinajstić information content (AvgIpc) is 2.86. The van der Waals surface area contributed by atoms with Gasteiger partial charge in [-0.05, 0) is 17.3 Å². The molecule has 0 radical (unpaired) electrons. The fourth-order valence-electron chi connectivity index (χ4n) is 1.49. The molecule has 104 valence electrons. The van der Waals surface area contributed by atoms with E-state index < -0.39 is 11.9 Å². The number of primary amides is 1. The molecule has 0 saturated carbocycles. The molecular formula is C11H12N6O3. The number of carbonyl (C=O) groups is 2. The lowest BCUT2D eigenvalue weighted by atomic mass is 10.2. The summed E-state index contributed by atoms with van der Waals surface area (Å²) in [6.45, 7) is -0.250. The van der Waals surface area contributed by atoms with Crippen LogP contribution >= 0.6 is 0 Å². The predicted molar refractivity (Wildman–Crippen MR) is 67.5 cm³/mol. The van der Waals surface area contributed by atoms with E-state index in [1.54, 1.807) is 31.4 Å². The smallest absolute Gasteiger partial charge is 0.318 e. The molecular weight excluding hydrogens is 264 g/mol. The van der Waals surface area contributed by atoms with Gasteiger partial charge in [-0.2, -0.15) is 4.80 Å². The number of amides is 3. The van der Waals surface area contributed by atoms with E-state index >= 15 is 0 Å². The first-order valence-corrected chi connectivity index (χ1v) is 5.60. The zero-order chi connectivity index (χ0) is 14.5. The summed E-state index contributed by atoms with van der Waals surface area (Å²) in [6, 6.07) is 6.17. The van der Waals surface area contributed by atoms with Crippen molar-refractivity contribution in [1.82, 2.24) is 25.5 Å². The van der Waals surface area contributed by atoms with E-state index in [2.05, 4.69) is 15.4 Å². The molecule has 1 heterocycles. The van der Waals surface area contributed by atoms with Crippen molar-refractivity contribution in [2.45, 2.75) is 6.54 Å². The number of tetrazole rings is 1. The van der Waals surface area contributed by atoms with Gasteiger partial charge in [-0.15, -0.1) is 10.2 Å². The number of hydrogen-bond donors (Lipinski definition) is 2. The Bertz CT molecular complexity index is 639. The molecule has 2 rings (SSSR count). The zero-order valence-electron chi connectivity index (χ0n) is 10.6. The molecule has 0 aliphatic carbocycles. The maximum atomic E-state index is 11.3. The largest absolute Gasteiger partial charge is 0.497 e. The highest BCUT2D eigenvalue weighted by molar-refractivity contribution is 5.93. The summed E-state index contributed by atoms with van der Waals surface area (Å²) in [6.07, 6.45) is 0. The molecule has 0 atom stereocenters. The predicted octanol–water partition coefficient (Wildman–Crippen LogP) is -0.456. The third kappa shape index (κ3) is 3.28. The van der Waals surface area contributed by atoms with Crippen LogP contribution in [-0.2, 0) is 11.3 Å². The monoisotopic (exact) mass is 276 g/mol. The maximum absolute atomic E-state index is 11.3. The molecule has 1 aromatic carbocycles. The van der Waals surface area contributed by atoms with Crippen molar-refractivity contribution < 1.29 is 14.3 Å². The molecule has 9 nitrogen and oxygen atoms in total. The average molecular weight is 276 g/mol. The van der Waals surface area contributed by atoms with Gasteiger partial charge in [0.25, 0.3) is 5.91 Å². The Morgan fingerprint density at radius 3 is 2.95 bits per heavy atom. The molecule has 0 aliphatic heterocycles. The molecule has 3 N–H and O–H groups in total. The number of methoxy groups -OCH3 is 1. The second-order valence-electron chi connectivity index (χ2n) is 3.79. The number of nitrogens with one attached hydrogen (secondary N) is 1.